The third-order valence-corrected chi connectivity index (χ3v) is 6.34. The number of sulfonamides is 1. The van der Waals surface area contributed by atoms with Crippen molar-refractivity contribution in [3.63, 3.8) is 0 Å². The van der Waals surface area contributed by atoms with Gasteiger partial charge in [-0.1, -0.05) is 11.6 Å². The van der Waals surface area contributed by atoms with Gasteiger partial charge in [-0.15, -0.1) is 0 Å². The Labute approximate surface area is 152 Å². The Balaban J connectivity index is 1.67. The number of benzene rings is 1. The molecule has 0 saturated carbocycles. The van der Waals surface area contributed by atoms with Gasteiger partial charge in [0, 0.05) is 32.0 Å². The van der Waals surface area contributed by atoms with E-state index in [2.05, 4.69) is 5.32 Å². The number of rotatable bonds is 5. The fourth-order valence-electron chi connectivity index (χ4n) is 2.84. The van der Waals surface area contributed by atoms with E-state index in [1.165, 1.54) is 4.31 Å². The summed E-state index contributed by atoms with van der Waals surface area (Å²) < 4.78 is 27.7. The second-order valence-corrected chi connectivity index (χ2v) is 8.36. The summed E-state index contributed by atoms with van der Waals surface area (Å²) in [5.74, 6) is -0.128. The number of nitrogens with zero attached hydrogens (tertiary/aromatic N) is 2. The molecule has 1 saturated heterocycles. The summed E-state index contributed by atoms with van der Waals surface area (Å²) in [6.07, 6.45) is 5.34. The number of carbonyl (C=O) groups excluding carboxylic acids is 1. The van der Waals surface area contributed by atoms with Crippen LogP contribution in [0, 0.1) is 0 Å². The first-order chi connectivity index (χ1) is 12.0. The van der Waals surface area contributed by atoms with Crippen LogP contribution in [0.4, 0.5) is 5.69 Å². The molecule has 0 unspecified atom stereocenters. The summed E-state index contributed by atoms with van der Waals surface area (Å²) >= 11 is 6.23. The van der Waals surface area contributed by atoms with E-state index in [0.29, 0.717) is 37.3 Å². The minimum atomic E-state index is -3.29. The Morgan fingerprint density at radius 3 is 2.64 bits per heavy atom. The zero-order chi connectivity index (χ0) is 17.9. The van der Waals surface area contributed by atoms with Crippen molar-refractivity contribution >= 4 is 33.2 Å². The van der Waals surface area contributed by atoms with Gasteiger partial charge in [-0.3, -0.25) is 9.10 Å². The van der Waals surface area contributed by atoms with Crippen molar-refractivity contribution in [1.82, 2.24) is 9.88 Å². The van der Waals surface area contributed by atoms with Gasteiger partial charge in [-0.2, -0.15) is 0 Å². The van der Waals surface area contributed by atoms with Crippen molar-refractivity contribution in [2.45, 2.75) is 19.4 Å². The average Bonchev–Trinajstić information content (AvgIpc) is 3.07. The molecule has 1 amide bonds. The number of hydrogen-bond acceptors (Lipinski definition) is 3. The highest BCUT2D eigenvalue weighted by atomic mass is 35.5. The summed E-state index contributed by atoms with van der Waals surface area (Å²) in [6.45, 7) is 1.59. The Morgan fingerprint density at radius 2 is 1.96 bits per heavy atom. The monoisotopic (exact) mass is 381 g/mol. The molecule has 2 heterocycles. The van der Waals surface area contributed by atoms with Gasteiger partial charge in [0.25, 0.3) is 5.91 Å². The Bertz CT molecular complexity index is 850. The zero-order valence-electron chi connectivity index (χ0n) is 13.7. The van der Waals surface area contributed by atoms with Crippen LogP contribution in [-0.2, 0) is 16.6 Å². The lowest BCUT2D eigenvalue weighted by Crippen LogP contribution is -2.37. The van der Waals surface area contributed by atoms with Gasteiger partial charge in [0.15, 0.2) is 0 Å². The van der Waals surface area contributed by atoms with E-state index in [9.17, 15) is 13.2 Å². The highest BCUT2D eigenvalue weighted by Gasteiger charge is 2.26. The van der Waals surface area contributed by atoms with Crippen LogP contribution in [-0.4, -0.2) is 37.7 Å². The van der Waals surface area contributed by atoms with Crippen molar-refractivity contribution in [2.24, 2.45) is 0 Å². The summed E-state index contributed by atoms with van der Waals surface area (Å²) in [5.41, 5.74) is 0.848. The minimum Gasteiger partial charge on any atom is -0.353 e. The van der Waals surface area contributed by atoms with Crippen LogP contribution >= 0.6 is 11.6 Å². The van der Waals surface area contributed by atoms with E-state index in [1.807, 2.05) is 29.1 Å². The molecule has 1 N–H and O–H groups in total. The third kappa shape index (κ3) is 4.16. The molecule has 0 spiro atoms. The fraction of sp³-hybridized carbons (Fsp3) is 0.353. The molecule has 1 aliphatic heterocycles. The lowest BCUT2D eigenvalue weighted by atomic mass is 10.2. The van der Waals surface area contributed by atoms with Crippen molar-refractivity contribution in [3.8, 4) is 0 Å². The number of amides is 1. The molecule has 3 rings (SSSR count). The maximum absolute atomic E-state index is 12.3. The van der Waals surface area contributed by atoms with Crippen LogP contribution in [0.1, 0.15) is 23.2 Å². The molecule has 0 radical (unpaired) electrons. The topological polar surface area (TPSA) is 71.4 Å². The Morgan fingerprint density at radius 1 is 1.20 bits per heavy atom. The van der Waals surface area contributed by atoms with E-state index in [4.69, 9.17) is 11.6 Å². The average molecular weight is 382 g/mol. The molecule has 0 bridgehead atoms. The quantitative estimate of drug-likeness (QED) is 0.864. The van der Waals surface area contributed by atoms with Gasteiger partial charge in [0.1, 0.15) is 0 Å². The number of anilines is 1. The standard InChI is InChI=1S/C17H20ClN3O3S/c18-16-13-14(21-10-3-4-12-25(21,23)24)5-6-15(16)17(22)19-7-11-20-8-1-2-9-20/h1-2,5-6,8-9,13H,3-4,7,10-12H2,(H,19,22). The van der Waals surface area contributed by atoms with Crippen LogP contribution < -0.4 is 9.62 Å². The van der Waals surface area contributed by atoms with Gasteiger partial charge in [-0.05, 0) is 43.2 Å². The first-order valence-corrected chi connectivity index (χ1v) is 10.1. The predicted octanol–water partition coefficient (Wildman–Crippen LogP) is 2.50. The van der Waals surface area contributed by atoms with E-state index in [1.54, 1.807) is 18.2 Å². The van der Waals surface area contributed by atoms with Crippen LogP contribution in [0.2, 0.25) is 5.02 Å². The molecule has 0 atom stereocenters. The molecule has 1 fully saturated rings. The van der Waals surface area contributed by atoms with E-state index < -0.39 is 10.0 Å². The number of aromatic nitrogens is 1. The fourth-order valence-corrected chi connectivity index (χ4v) is 4.73. The van der Waals surface area contributed by atoms with Crippen molar-refractivity contribution in [2.75, 3.05) is 23.1 Å². The number of hydrogen-bond donors (Lipinski definition) is 1. The molecule has 2 aromatic rings. The van der Waals surface area contributed by atoms with E-state index in [-0.39, 0.29) is 16.7 Å². The summed E-state index contributed by atoms with van der Waals surface area (Å²) in [6, 6.07) is 8.60. The zero-order valence-corrected chi connectivity index (χ0v) is 15.3. The molecule has 1 aromatic carbocycles. The van der Waals surface area contributed by atoms with Gasteiger partial charge in [0.05, 0.1) is 22.0 Å². The largest absolute Gasteiger partial charge is 0.353 e. The number of nitrogens with one attached hydrogen (secondary N) is 1. The number of carbonyl (C=O) groups is 1. The second kappa shape index (κ2) is 7.49. The molecule has 25 heavy (non-hydrogen) atoms. The predicted molar refractivity (Wildman–Crippen MR) is 98.6 cm³/mol. The molecule has 6 nitrogen and oxygen atoms in total. The van der Waals surface area contributed by atoms with Gasteiger partial charge < -0.3 is 9.88 Å². The Kier molecular flexibility index (Phi) is 5.34. The normalized spacial score (nSPS) is 16.6. The molecular weight excluding hydrogens is 362 g/mol. The maximum atomic E-state index is 12.3. The highest BCUT2D eigenvalue weighted by molar-refractivity contribution is 7.92. The summed E-state index contributed by atoms with van der Waals surface area (Å²) in [7, 11) is -3.29. The van der Waals surface area contributed by atoms with Gasteiger partial charge in [-0.25, -0.2) is 8.42 Å². The molecule has 1 aliphatic rings. The van der Waals surface area contributed by atoms with Crippen LogP contribution in [0.3, 0.4) is 0 Å². The summed E-state index contributed by atoms with van der Waals surface area (Å²) in [5, 5.41) is 3.06. The summed E-state index contributed by atoms with van der Waals surface area (Å²) in [4.78, 5) is 12.3. The first-order valence-electron chi connectivity index (χ1n) is 8.16. The lowest BCUT2D eigenvalue weighted by Gasteiger charge is -2.28. The molecule has 0 aliphatic carbocycles. The van der Waals surface area contributed by atoms with Gasteiger partial charge >= 0.3 is 0 Å². The maximum Gasteiger partial charge on any atom is 0.252 e. The van der Waals surface area contributed by atoms with E-state index in [0.717, 1.165) is 6.42 Å². The van der Waals surface area contributed by atoms with Gasteiger partial charge in [0.2, 0.25) is 10.0 Å². The van der Waals surface area contributed by atoms with Crippen molar-refractivity contribution in [3.05, 3.63) is 53.3 Å². The number of halogens is 1. The molecule has 134 valence electrons. The first kappa shape index (κ1) is 17.8. The Hall–Kier alpha value is -1.99. The van der Waals surface area contributed by atoms with Crippen LogP contribution in [0.15, 0.2) is 42.7 Å². The van der Waals surface area contributed by atoms with Crippen molar-refractivity contribution in [1.29, 1.82) is 0 Å². The molecular formula is C17H20ClN3O3S. The lowest BCUT2D eigenvalue weighted by molar-refractivity contribution is 0.0952. The third-order valence-electron chi connectivity index (χ3n) is 4.16. The smallest absolute Gasteiger partial charge is 0.252 e. The molecule has 1 aromatic heterocycles. The van der Waals surface area contributed by atoms with Crippen LogP contribution in [0.5, 0.6) is 0 Å². The van der Waals surface area contributed by atoms with E-state index >= 15 is 0 Å². The minimum absolute atomic E-state index is 0.145. The second-order valence-electron chi connectivity index (χ2n) is 5.94. The highest BCUT2D eigenvalue weighted by Crippen LogP contribution is 2.28. The SMILES string of the molecule is O=C(NCCn1cccc1)c1ccc(N2CCCCS2(=O)=O)cc1Cl. The molecule has 8 heteroatoms. The van der Waals surface area contributed by atoms with Crippen molar-refractivity contribution < 1.29 is 13.2 Å². The van der Waals surface area contributed by atoms with Crippen LogP contribution in [0.25, 0.3) is 0 Å².